The fraction of sp³-hybridized carbons (Fsp3) is 0.391. The minimum atomic E-state index is -0.829. The Hall–Kier alpha value is -2.62. The molecule has 0 aromatic heterocycles. The summed E-state index contributed by atoms with van der Waals surface area (Å²) in [6, 6.07) is 10.0. The van der Waals surface area contributed by atoms with Crippen LogP contribution in [0.1, 0.15) is 51.5 Å². The average Bonchev–Trinajstić information content (AvgIpc) is 2.69. The summed E-state index contributed by atoms with van der Waals surface area (Å²) < 4.78 is 4.98. The summed E-state index contributed by atoms with van der Waals surface area (Å²) in [5.41, 5.74) is 1.17. The molecular formula is C23H34O4. The van der Waals surface area contributed by atoms with Crippen molar-refractivity contribution in [3.8, 4) is 0 Å². The molecule has 0 saturated carbocycles. The maximum Gasteiger partial charge on any atom is 0.330 e. The average molecular weight is 375 g/mol. The van der Waals surface area contributed by atoms with Crippen LogP contribution in [0.3, 0.4) is 0 Å². The van der Waals surface area contributed by atoms with Gasteiger partial charge < -0.3 is 9.84 Å². The molecule has 1 aromatic rings. The predicted octanol–water partition coefficient (Wildman–Crippen LogP) is 5.91. The van der Waals surface area contributed by atoms with Gasteiger partial charge in [0.1, 0.15) is 0 Å². The van der Waals surface area contributed by atoms with Gasteiger partial charge in [0.05, 0.1) is 13.0 Å². The van der Waals surface area contributed by atoms with Crippen LogP contribution in [-0.2, 0) is 14.3 Å². The summed E-state index contributed by atoms with van der Waals surface area (Å²) in [6.07, 6.45) is 9.09. The van der Waals surface area contributed by atoms with Crippen molar-refractivity contribution in [3.05, 3.63) is 67.8 Å². The zero-order valence-corrected chi connectivity index (χ0v) is 16.7. The van der Waals surface area contributed by atoms with Gasteiger partial charge in [0.2, 0.25) is 0 Å². The number of rotatable bonds is 10. The Labute approximate surface area is 164 Å². The lowest BCUT2D eigenvalue weighted by Crippen LogP contribution is -2.12. The number of carboxylic acid groups (broad SMARTS) is 1. The highest BCUT2D eigenvalue weighted by Gasteiger charge is 2.07. The quantitative estimate of drug-likeness (QED) is 0.314. The van der Waals surface area contributed by atoms with Crippen molar-refractivity contribution in [2.75, 3.05) is 6.61 Å². The highest BCUT2D eigenvalue weighted by Crippen LogP contribution is 2.12. The van der Waals surface area contributed by atoms with Gasteiger partial charge in [-0.15, -0.1) is 6.58 Å². The number of ether oxygens (including phenoxy) is 1. The molecule has 1 N–H and O–H groups in total. The number of carboxylic acids is 1. The second-order valence-electron chi connectivity index (χ2n) is 5.75. The lowest BCUT2D eigenvalue weighted by atomic mass is 10.0. The lowest BCUT2D eigenvalue weighted by molar-refractivity contribution is -0.139. The first kappa shape index (κ1) is 26.6. The molecule has 1 rings (SSSR count). The molecule has 150 valence electrons. The molecular weight excluding hydrogens is 340 g/mol. The van der Waals surface area contributed by atoms with E-state index < -0.39 is 5.97 Å². The van der Waals surface area contributed by atoms with E-state index in [1.807, 2.05) is 36.4 Å². The van der Waals surface area contributed by atoms with Gasteiger partial charge >= 0.3 is 11.9 Å². The normalized spacial score (nSPS) is 10.0. The van der Waals surface area contributed by atoms with Crippen molar-refractivity contribution in [3.63, 3.8) is 0 Å². The number of unbranched alkanes of at least 4 members (excludes halogenated alkanes) is 1. The molecule has 4 nitrogen and oxygen atoms in total. The summed E-state index contributed by atoms with van der Waals surface area (Å²) >= 11 is 0. The Bertz CT molecular complexity index is 535. The monoisotopic (exact) mass is 374 g/mol. The van der Waals surface area contributed by atoms with Crippen LogP contribution in [0, 0.1) is 5.92 Å². The summed E-state index contributed by atoms with van der Waals surface area (Å²) in [7, 11) is 0. The zero-order valence-electron chi connectivity index (χ0n) is 16.7. The van der Waals surface area contributed by atoms with Crippen LogP contribution < -0.4 is 0 Å². The summed E-state index contributed by atoms with van der Waals surface area (Å²) in [4.78, 5) is 20.3. The first-order chi connectivity index (χ1) is 12.9. The Kier molecular flexibility index (Phi) is 19.4. The highest BCUT2D eigenvalue weighted by atomic mass is 16.5. The molecule has 0 saturated heterocycles. The van der Waals surface area contributed by atoms with E-state index in [0.717, 1.165) is 12.8 Å². The molecule has 4 heteroatoms. The Morgan fingerprint density at radius 3 is 2.11 bits per heavy atom. The molecule has 0 heterocycles. The Morgan fingerprint density at radius 2 is 1.78 bits per heavy atom. The van der Waals surface area contributed by atoms with Gasteiger partial charge in [-0.25, -0.2) is 4.79 Å². The smallest absolute Gasteiger partial charge is 0.330 e. The first-order valence-electron chi connectivity index (χ1n) is 9.24. The van der Waals surface area contributed by atoms with Crippen molar-refractivity contribution in [2.45, 2.75) is 46.0 Å². The maximum absolute atomic E-state index is 10.8. The lowest BCUT2D eigenvalue weighted by Gasteiger charge is -2.13. The fourth-order valence-electron chi connectivity index (χ4n) is 1.87. The van der Waals surface area contributed by atoms with E-state index in [0.29, 0.717) is 12.5 Å². The third-order valence-corrected chi connectivity index (χ3v) is 3.53. The van der Waals surface area contributed by atoms with Crippen molar-refractivity contribution in [1.29, 1.82) is 0 Å². The zero-order chi connectivity index (χ0) is 20.9. The van der Waals surface area contributed by atoms with Gasteiger partial charge in [0, 0.05) is 6.08 Å². The molecule has 0 aliphatic carbocycles. The standard InChI is InChI=1S/C11H20O2.C8H8.C4H6O2/c1-4-7-8-10(5-2)9-13-11(12)6-3;1-2-8-6-4-3-5-7-8;1-2-3-4(5)6/h6,10H,3-5,7-9H2,1-2H3;2-7H,1H2;2H,1,3H2,(H,5,6). The van der Waals surface area contributed by atoms with E-state index in [2.05, 4.69) is 33.6 Å². The Balaban J connectivity index is 0. The SMILES string of the molecule is C=CC(=O)OCC(CC)CCCC.C=CCC(=O)O.C=Cc1ccccc1. The van der Waals surface area contributed by atoms with Gasteiger partial charge in [-0.3, -0.25) is 4.79 Å². The molecule has 0 amide bonds. The van der Waals surface area contributed by atoms with Crippen molar-refractivity contribution in [2.24, 2.45) is 5.92 Å². The van der Waals surface area contributed by atoms with Crippen LogP contribution in [0.5, 0.6) is 0 Å². The second kappa shape index (κ2) is 19.7. The van der Waals surface area contributed by atoms with Crippen LogP contribution in [0.2, 0.25) is 0 Å². The van der Waals surface area contributed by atoms with Crippen molar-refractivity contribution < 1.29 is 19.4 Å². The predicted molar refractivity (Wildman–Crippen MR) is 113 cm³/mol. The summed E-state index contributed by atoms with van der Waals surface area (Å²) in [6.45, 7) is 15.0. The van der Waals surface area contributed by atoms with Gasteiger partial charge in [-0.05, 0) is 17.9 Å². The van der Waals surface area contributed by atoms with Crippen LogP contribution in [0.4, 0.5) is 0 Å². The molecule has 0 aliphatic heterocycles. The van der Waals surface area contributed by atoms with Gasteiger partial charge in [0.15, 0.2) is 0 Å². The maximum atomic E-state index is 10.8. The minimum absolute atomic E-state index is 0.0556. The van der Waals surface area contributed by atoms with E-state index in [1.165, 1.54) is 30.6 Å². The second-order valence-corrected chi connectivity index (χ2v) is 5.75. The van der Waals surface area contributed by atoms with Crippen LogP contribution >= 0.6 is 0 Å². The number of hydrogen-bond donors (Lipinski definition) is 1. The first-order valence-corrected chi connectivity index (χ1v) is 9.24. The number of carbonyl (C=O) groups excluding carboxylic acids is 1. The number of aliphatic carboxylic acids is 1. The summed E-state index contributed by atoms with van der Waals surface area (Å²) in [5.74, 6) is -0.621. The number of benzene rings is 1. The third-order valence-electron chi connectivity index (χ3n) is 3.53. The van der Waals surface area contributed by atoms with Gasteiger partial charge in [-0.1, -0.05) is 88.8 Å². The Morgan fingerprint density at radius 1 is 1.15 bits per heavy atom. The van der Waals surface area contributed by atoms with Crippen LogP contribution in [-0.4, -0.2) is 23.7 Å². The fourth-order valence-corrected chi connectivity index (χ4v) is 1.87. The molecule has 1 atom stereocenters. The van der Waals surface area contributed by atoms with Crippen LogP contribution in [0.25, 0.3) is 6.08 Å². The third kappa shape index (κ3) is 19.6. The number of hydrogen-bond acceptors (Lipinski definition) is 3. The van der Waals surface area contributed by atoms with E-state index in [9.17, 15) is 9.59 Å². The molecule has 0 bridgehead atoms. The highest BCUT2D eigenvalue weighted by molar-refractivity contribution is 5.81. The van der Waals surface area contributed by atoms with E-state index in [1.54, 1.807) is 0 Å². The summed E-state index contributed by atoms with van der Waals surface area (Å²) in [5, 5.41) is 7.84. The van der Waals surface area contributed by atoms with Gasteiger partial charge in [0.25, 0.3) is 0 Å². The molecule has 0 fully saturated rings. The molecule has 0 aliphatic rings. The van der Waals surface area contributed by atoms with Crippen molar-refractivity contribution in [1.82, 2.24) is 0 Å². The topological polar surface area (TPSA) is 63.6 Å². The molecule has 0 spiro atoms. The molecule has 0 radical (unpaired) electrons. The largest absolute Gasteiger partial charge is 0.481 e. The number of esters is 1. The molecule has 1 aromatic carbocycles. The van der Waals surface area contributed by atoms with E-state index in [4.69, 9.17) is 9.84 Å². The van der Waals surface area contributed by atoms with Crippen LogP contribution in [0.15, 0.2) is 62.2 Å². The molecule has 27 heavy (non-hydrogen) atoms. The molecule has 1 unspecified atom stereocenters. The van der Waals surface area contributed by atoms with E-state index >= 15 is 0 Å². The number of carbonyl (C=O) groups is 2. The van der Waals surface area contributed by atoms with E-state index in [-0.39, 0.29) is 12.4 Å². The van der Waals surface area contributed by atoms with Crippen molar-refractivity contribution >= 4 is 18.0 Å². The van der Waals surface area contributed by atoms with Gasteiger partial charge in [-0.2, -0.15) is 0 Å². The minimum Gasteiger partial charge on any atom is -0.481 e.